The van der Waals surface area contributed by atoms with Gasteiger partial charge in [0, 0.05) is 23.5 Å². The highest BCUT2D eigenvalue weighted by Gasteiger charge is 2.21. The van der Waals surface area contributed by atoms with Crippen molar-refractivity contribution in [3.63, 3.8) is 0 Å². The summed E-state index contributed by atoms with van der Waals surface area (Å²) in [5.74, 6) is 0.862. The standard InChI is InChI=1S/C17H16N4O3S/c1-24-14-8-3-2-6-12(14)16-13(21-17-19-10-5-11-20-17)7-4-9-15(16)25(18,22)23/h2-11H,1H3,(H2,18,22,23)(H,19,20,21). The van der Waals surface area contributed by atoms with Gasteiger partial charge in [-0.15, -0.1) is 0 Å². The van der Waals surface area contributed by atoms with E-state index in [1.54, 1.807) is 54.9 Å². The Morgan fingerprint density at radius 1 is 1.00 bits per heavy atom. The van der Waals surface area contributed by atoms with Crippen LogP contribution in [0.5, 0.6) is 5.75 Å². The molecule has 1 aromatic heterocycles. The van der Waals surface area contributed by atoms with E-state index in [1.165, 1.54) is 13.2 Å². The maximum atomic E-state index is 12.1. The molecule has 1 heterocycles. The van der Waals surface area contributed by atoms with E-state index in [1.807, 2.05) is 0 Å². The second-order valence-corrected chi connectivity index (χ2v) is 6.65. The normalized spacial score (nSPS) is 11.1. The fraction of sp³-hybridized carbons (Fsp3) is 0.0588. The van der Waals surface area contributed by atoms with E-state index in [2.05, 4.69) is 15.3 Å². The number of ether oxygens (including phenoxy) is 1. The first-order valence-electron chi connectivity index (χ1n) is 7.34. The van der Waals surface area contributed by atoms with Gasteiger partial charge in [-0.3, -0.25) is 0 Å². The Bertz CT molecular complexity index is 992. The number of benzene rings is 2. The molecule has 3 aromatic rings. The number of primary sulfonamides is 1. The van der Waals surface area contributed by atoms with E-state index in [-0.39, 0.29) is 4.90 Å². The first kappa shape index (κ1) is 16.9. The van der Waals surface area contributed by atoms with E-state index >= 15 is 0 Å². The van der Waals surface area contributed by atoms with Gasteiger partial charge in [-0.2, -0.15) is 0 Å². The van der Waals surface area contributed by atoms with Gasteiger partial charge >= 0.3 is 0 Å². The quantitative estimate of drug-likeness (QED) is 0.727. The van der Waals surface area contributed by atoms with Crippen LogP contribution in [-0.4, -0.2) is 25.5 Å². The Morgan fingerprint density at radius 2 is 1.72 bits per heavy atom. The number of nitrogens with two attached hydrogens (primary N) is 1. The van der Waals surface area contributed by atoms with Crippen molar-refractivity contribution in [1.29, 1.82) is 0 Å². The largest absolute Gasteiger partial charge is 0.496 e. The minimum Gasteiger partial charge on any atom is -0.496 e. The van der Waals surface area contributed by atoms with Crippen LogP contribution in [0.25, 0.3) is 11.1 Å². The molecule has 0 unspecified atom stereocenters. The molecule has 0 spiro atoms. The third kappa shape index (κ3) is 3.59. The van der Waals surface area contributed by atoms with Gasteiger partial charge in [0.2, 0.25) is 16.0 Å². The van der Waals surface area contributed by atoms with E-state index in [4.69, 9.17) is 9.88 Å². The van der Waals surface area contributed by atoms with Crippen molar-refractivity contribution in [3.05, 3.63) is 60.9 Å². The van der Waals surface area contributed by atoms with Gasteiger partial charge in [-0.1, -0.05) is 24.3 Å². The maximum absolute atomic E-state index is 12.1. The number of nitrogens with one attached hydrogen (secondary N) is 1. The van der Waals surface area contributed by atoms with Gasteiger partial charge < -0.3 is 10.1 Å². The van der Waals surface area contributed by atoms with Crippen LogP contribution >= 0.6 is 0 Å². The molecule has 0 fully saturated rings. The van der Waals surface area contributed by atoms with Crippen molar-refractivity contribution >= 4 is 21.7 Å². The highest BCUT2D eigenvalue weighted by Crippen LogP contribution is 2.39. The minimum absolute atomic E-state index is 0.0158. The van der Waals surface area contributed by atoms with Gasteiger partial charge in [0.15, 0.2) is 0 Å². The first-order valence-corrected chi connectivity index (χ1v) is 8.88. The van der Waals surface area contributed by atoms with Gasteiger partial charge in [-0.05, 0) is 24.3 Å². The van der Waals surface area contributed by atoms with E-state index in [0.29, 0.717) is 28.5 Å². The van der Waals surface area contributed by atoms with Crippen LogP contribution in [0.4, 0.5) is 11.6 Å². The number of anilines is 2. The van der Waals surface area contributed by atoms with E-state index in [9.17, 15) is 8.42 Å². The summed E-state index contributed by atoms with van der Waals surface area (Å²) >= 11 is 0. The number of hydrogen-bond acceptors (Lipinski definition) is 6. The molecule has 8 heteroatoms. The van der Waals surface area contributed by atoms with Crippen molar-refractivity contribution in [2.45, 2.75) is 4.90 Å². The van der Waals surface area contributed by atoms with Crippen molar-refractivity contribution in [2.24, 2.45) is 5.14 Å². The highest BCUT2D eigenvalue weighted by atomic mass is 32.2. The van der Waals surface area contributed by atoms with Crippen molar-refractivity contribution < 1.29 is 13.2 Å². The fourth-order valence-electron chi connectivity index (χ4n) is 2.49. The topological polar surface area (TPSA) is 107 Å². The zero-order valence-corrected chi connectivity index (χ0v) is 14.2. The Hall–Kier alpha value is -2.97. The molecular weight excluding hydrogens is 340 g/mol. The second kappa shape index (κ2) is 6.88. The predicted octanol–water partition coefficient (Wildman–Crippen LogP) is 2.54. The van der Waals surface area contributed by atoms with Gasteiger partial charge in [0.05, 0.1) is 17.7 Å². The molecule has 0 saturated carbocycles. The van der Waals surface area contributed by atoms with Gasteiger partial charge in [-0.25, -0.2) is 23.5 Å². The summed E-state index contributed by atoms with van der Waals surface area (Å²) in [6.45, 7) is 0. The number of hydrogen-bond donors (Lipinski definition) is 2. The number of methoxy groups -OCH3 is 1. The molecule has 0 amide bonds. The van der Waals surface area contributed by atoms with Crippen LogP contribution in [-0.2, 0) is 10.0 Å². The number of rotatable bonds is 5. The predicted molar refractivity (Wildman–Crippen MR) is 95.1 cm³/mol. The van der Waals surface area contributed by atoms with Crippen molar-refractivity contribution in [2.75, 3.05) is 12.4 Å². The summed E-state index contributed by atoms with van der Waals surface area (Å²) in [5.41, 5.74) is 1.49. The highest BCUT2D eigenvalue weighted by molar-refractivity contribution is 7.89. The molecule has 7 nitrogen and oxygen atoms in total. The number of sulfonamides is 1. The van der Waals surface area contributed by atoms with Crippen LogP contribution in [0, 0.1) is 0 Å². The summed E-state index contributed by atoms with van der Waals surface area (Å²) < 4.78 is 29.6. The SMILES string of the molecule is COc1ccccc1-c1c(Nc2ncccn2)cccc1S(N)(=O)=O. The lowest BCUT2D eigenvalue weighted by molar-refractivity contribution is 0.416. The lowest BCUT2D eigenvalue weighted by Crippen LogP contribution is -2.14. The van der Waals surface area contributed by atoms with Gasteiger partial charge in [0.1, 0.15) is 5.75 Å². The van der Waals surface area contributed by atoms with Crippen molar-refractivity contribution in [3.8, 4) is 16.9 Å². The Balaban J connectivity index is 2.26. The van der Waals surface area contributed by atoms with E-state index in [0.717, 1.165) is 0 Å². The lowest BCUT2D eigenvalue weighted by Gasteiger charge is -2.17. The average molecular weight is 356 g/mol. The van der Waals surface area contributed by atoms with E-state index < -0.39 is 10.0 Å². The van der Waals surface area contributed by atoms with Crippen LogP contribution in [0.3, 0.4) is 0 Å². The Morgan fingerprint density at radius 3 is 2.40 bits per heavy atom. The molecule has 0 aliphatic heterocycles. The van der Waals surface area contributed by atoms with Crippen molar-refractivity contribution in [1.82, 2.24) is 9.97 Å². The third-order valence-corrected chi connectivity index (χ3v) is 4.47. The molecule has 0 aliphatic rings. The number of aromatic nitrogens is 2. The average Bonchev–Trinajstić information content (AvgIpc) is 2.61. The first-order chi connectivity index (χ1) is 12.0. The maximum Gasteiger partial charge on any atom is 0.238 e. The molecule has 2 aromatic carbocycles. The third-order valence-electron chi connectivity index (χ3n) is 3.52. The Labute approximate surface area is 145 Å². The fourth-order valence-corrected chi connectivity index (χ4v) is 3.26. The number of nitrogens with zero attached hydrogens (tertiary/aromatic N) is 2. The molecule has 128 valence electrons. The zero-order valence-electron chi connectivity index (χ0n) is 13.4. The lowest BCUT2D eigenvalue weighted by atomic mass is 10.0. The monoisotopic (exact) mass is 356 g/mol. The molecule has 0 radical (unpaired) electrons. The molecule has 0 bridgehead atoms. The van der Waals surface area contributed by atoms with Crippen LogP contribution in [0.2, 0.25) is 0 Å². The summed E-state index contributed by atoms with van der Waals surface area (Å²) in [6, 6.07) is 13.6. The number of para-hydroxylation sites is 1. The molecular formula is C17H16N4O3S. The van der Waals surface area contributed by atoms with Crippen LogP contribution < -0.4 is 15.2 Å². The summed E-state index contributed by atoms with van der Waals surface area (Å²) in [5, 5.41) is 8.46. The van der Waals surface area contributed by atoms with Crippen LogP contribution in [0.1, 0.15) is 0 Å². The second-order valence-electron chi connectivity index (χ2n) is 5.12. The van der Waals surface area contributed by atoms with Gasteiger partial charge in [0.25, 0.3) is 0 Å². The summed E-state index contributed by atoms with van der Waals surface area (Å²) in [6.07, 6.45) is 3.17. The molecule has 0 aliphatic carbocycles. The Kier molecular flexibility index (Phi) is 4.64. The molecule has 3 N–H and O–H groups in total. The zero-order chi connectivity index (χ0) is 17.9. The molecule has 25 heavy (non-hydrogen) atoms. The minimum atomic E-state index is -3.96. The smallest absolute Gasteiger partial charge is 0.238 e. The molecule has 0 saturated heterocycles. The summed E-state index contributed by atoms with van der Waals surface area (Å²) in [7, 11) is -2.44. The van der Waals surface area contributed by atoms with Crippen LogP contribution in [0.15, 0.2) is 65.8 Å². The molecule has 0 atom stereocenters. The summed E-state index contributed by atoms with van der Waals surface area (Å²) in [4.78, 5) is 8.20. The molecule has 3 rings (SSSR count).